The third kappa shape index (κ3) is 6.60. The minimum atomic E-state index is -0.223. The fraction of sp³-hybridized carbons (Fsp3) is 0.387. The number of anilines is 2. The summed E-state index contributed by atoms with van der Waals surface area (Å²) >= 11 is 1.82. The van der Waals surface area contributed by atoms with Crippen molar-refractivity contribution in [2.24, 2.45) is 5.92 Å². The van der Waals surface area contributed by atoms with Gasteiger partial charge in [0.25, 0.3) is 5.91 Å². The van der Waals surface area contributed by atoms with Gasteiger partial charge in [-0.25, -0.2) is 15.0 Å². The Morgan fingerprint density at radius 2 is 1.90 bits per heavy atom. The van der Waals surface area contributed by atoms with Gasteiger partial charge in [-0.05, 0) is 60.4 Å². The van der Waals surface area contributed by atoms with Crippen LogP contribution in [0.3, 0.4) is 0 Å². The van der Waals surface area contributed by atoms with Gasteiger partial charge in [0.1, 0.15) is 18.0 Å². The SMILES string of the molecule is CNC(=O)c1ccnc2c(C(C)C(CNc3cc(-c4ccnc(N5CCC(O)CC5)c4)ncn3)CSC)cccc12. The largest absolute Gasteiger partial charge is 0.393 e. The number of nitrogens with one attached hydrogen (secondary N) is 2. The van der Waals surface area contributed by atoms with Crippen LogP contribution in [-0.4, -0.2) is 75.7 Å². The number of rotatable bonds is 10. The molecule has 9 nitrogen and oxygen atoms in total. The monoisotopic (exact) mass is 571 g/mol. The number of carbonyl (C=O) groups is 1. The third-order valence-corrected chi connectivity index (χ3v) is 8.66. The molecule has 0 aliphatic carbocycles. The first kappa shape index (κ1) is 28.8. The summed E-state index contributed by atoms with van der Waals surface area (Å²) in [4.78, 5) is 33.0. The van der Waals surface area contributed by atoms with E-state index in [1.807, 2.05) is 42.2 Å². The summed E-state index contributed by atoms with van der Waals surface area (Å²) in [6.07, 6.45) is 8.54. The lowest BCUT2D eigenvalue weighted by Gasteiger charge is -2.30. The summed E-state index contributed by atoms with van der Waals surface area (Å²) in [6.45, 7) is 4.54. The van der Waals surface area contributed by atoms with E-state index < -0.39 is 0 Å². The average molecular weight is 572 g/mol. The number of nitrogens with zero attached hydrogens (tertiary/aromatic N) is 5. The Kier molecular flexibility index (Phi) is 9.31. The molecule has 1 saturated heterocycles. The van der Waals surface area contributed by atoms with Gasteiger partial charge >= 0.3 is 0 Å². The number of piperidine rings is 1. The van der Waals surface area contributed by atoms with Crippen LogP contribution < -0.4 is 15.5 Å². The molecule has 5 rings (SSSR count). The van der Waals surface area contributed by atoms with Crippen LogP contribution in [0.1, 0.15) is 41.6 Å². The van der Waals surface area contributed by atoms with E-state index in [2.05, 4.69) is 60.8 Å². The molecule has 2 unspecified atom stereocenters. The van der Waals surface area contributed by atoms with Crippen molar-refractivity contribution in [3.8, 4) is 11.3 Å². The quantitative estimate of drug-likeness (QED) is 0.251. The predicted molar refractivity (Wildman–Crippen MR) is 167 cm³/mol. The van der Waals surface area contributed by atoms with Crippen molar-refractivity contribution in [1.82, 2.24) is 25.3 Å². The van der Waals surface area contributed by atoms with E-state index in [9.17, 15) is 9.90 Å². The molecule has 4 heterocycles. The zero-order valence-corrected chi connectivity index (χ0v) is 24.6. The highest BCUT2D eigenvalue weighted by atomic mass is 32.2. The molecular weight excluding hydrogens is 534 g/mol. The molecule has 1 aromatic carbocycles. The van der Waals surface area contributed by atoms with Gasteiger partial charge in [-0.2, -0.15) is 11.8 Å². The molecule has 1 aliphatic rings. The minimum Gasteiger partial charge on any atom is -0.393 e. The lowest BCUT2D eigenvalue weighted by atomic mass is 9.86. The number of para-hydroxylation sites is 1. The fourth-order valence-electron chi connectivity index (χ4n) is 5.44. The molecule has 214 valence electrons. The van der Waals surface area contributed by atoms with E-state index in [0.717, 1.165) is 77.6 Å². The number of thioether (sulfide) groups is 1. The van der Waals surface area contributed by atoms with Gasteiger partial charge in [0, 0.05) is 56.1 Å². The van der Waals surface area contributed by atoms with Gasteiger partial charge in [0.15, 0.2) is 0 Å². The van der Waals surface area contributed by atoms with Crippen molar-refractivity contribution in [1.29, 1.82) is 0 Å². The maximum Gasteiger partial charge on any atom is 0.251 e. The van der Waals surface area contributed by atoms with Gasteiger partial charge < -0.3 is 20.6 Å². The second-order valence-corrected chi connectivity index (χ2v) is 11.4. The Hall–Kier alpha value is -3.76. The van der Waals surface area contributed by atoms with Crippen molar-refractivity contribution in [2.75, 3.05) is 48.9 Å². The zero-order chi connectivity index (χ0) is 28.8. The Morgan fingerprint density at radius 3 is 2.68 bits per heavy atom. The first-order valence-electron chi connectivity index (χ1n) is 14.0. The van der Waals surface area contributed by atoms with E-state index >= 15 is 0 Å². The fourth-order valence-corrected chi connectivity index (χ4v) is 6.27. The molecule has 0 bridgehead atoms. The molecular formula is C31H37N7O2S. The van der Waals surface area contributed by atoms with Crippen molar-refractivity contribution in [3.05, 3.63) is 72.3 Å². The number of hydrogen-bond acceptors (Lipinski definition) is 9. The molecule has 0 radical (unpaired) electrons. The maximum atomic E-state index is 12.5. The van der Waals surface area contributed by atoms with Crippen molar-refractivity contribution in [3.63, 3.8) is 0 Å². The molecule has 41 heavy (non-hydrogen) atoms. The van der Waals surface area contributed by atoms with Crippen molar-refractivity contribution >= 4 is 40.2 Å². The molecule has 2 atom stereocenters. The van der Waals surface area contributed by atoms with E-state index in [0.29, 0.717) is 11.5 Å². The van der Waals surface area contributed by atoms with Crippen LogP contribution >= 0.6 is 11.8 Å². The predicted octanol–water partition coefficient (Wildman–Crippen LogP) is 4.60. The first-order chi connectivity index (χ1) is 20.0. The first-order valence-corrected chi connectivity index (χ1v) is 15.4. The van der Waals surface area contributed by atoms with Crippen molar-refractivity contribution in [2.45, 2.75) is 31.8 Å². The minimum absolute atomic E-state index is 0.111. The third-order valence-electron chi connectivity index (χ3n) is 7.89. The van der Waals surface area contributed by atoms with E-state index in [-0.39, 0.29) is 17.9 Å². The summed E-state index contributed by atoms with van der Waals surface area (Å²) in [7, 11) is 1.65. The Balaban J connectivity index is 1.33. The highest BCUT2D eigenvalue weighted by Crippen LogP contribution is 2.33. The Labute approximate surface area is 245 Å². The van der Waals surface area contributed by atoms with Crippen LogP contribution in [-0.2, 0) is 0 Å². The summed E-state index contributed by atoms with van der Waals surface area (Å²) in [6, 6.07) is 13.9. The van der Waals surface area contributed by atoms with Gasteiger partial charge in [-0.1, -0.05) is 25.1 Å². The number of aliphatic hydroxyl groups is 1. The number of pyridine rings is 2. The lowest BCUT2D eigenvalue weighted by molar-refractivity contribution is 0.0964. The Bertz CT molecular complexity index is 1490. The highest BCUT2D eigenvalue weighted by Gasteiger charge is 2.23. The van der Waals surface area contributed by atoms with Gasteiger partial charge in [0.2, 0.25) is 0 Å². The molecule has 1 fully saturated rings. The molecule has 0 saturated carbocycles. The van der Waals surface area contributed by atoms with Crippen LogP contribution in [0.15, 0.2) is 61.2 Å². The number of benzene rings is 1. The number of fused-ring (bicyclic) bond motifs is 1. The molecule has 3 N–H and O–H groups in total. The smallest absolute Gasteiger partial charge is 0.251 e. The summed E-state index contributed by atoms with van der Waals surface area (Å²) in [5.74, 6) is 3.00. The number of hydrogen-bond donors (Lipinski definition) is 3. The standard InChI is InChI=1S/C31H37N7O2S/c1-20(24-5-4-6-25-26(31(40)32-2)8-12-34-30(24)25)22(18-41-3)17-35-28-16-27(36-19-37-28)21-7-11-33-29(15-21)38-13-9-23(39)10-14-38/h4-8,11-12,15-16,19-20,22-23,39H,9-10,13-14,17-18H2,1-3H3,(H,32,40)(H,35,36,37). The number of amides is 1. The number of aliphatic hydroxyl groups excluding tert-OH is 1. The van der Waals surface area contributed by atoms with Gasteiger partial charge in [-0.15, -0.1) is 0 Å². The Morgan fingerprint density at radius 1 is 1.10 bits per heavy atom. The summed E-state index contributed by atoms with van der Waals surface area (Å²) in [5.41, 5.74) is 4.45. The molecule has 1 aliphatic heterocycles. The van der Waals surface area contributed by atoms with Crippen LogP contribution in [0, 0.1) is 5.92 Å². The molecule has 3 aromatic heterocycles. The van der Waals surface area contributed by atoms with Gasteiger partial charge in [0.05, 0.1) is 22.9 Å². The highest BCUT2D eigenvalue weighted by molar-refractivity contribution is 7.98. The van der Waals surface area contributed by atoms with Crippen LogP contribution in [0.5, 0.6) is 0 Å². The maximum absolute atomic E-state index is 12.5. The zero-order valence-electron chi connectivity index (χ0n) is 23.7. The summed E-state index contributed by atoms with van der Waals surface area (Å²) < 4.78 is 0. The lowest BCUT2D eigenvalue weighted by Crippen LogP contribution is -2.36. The molecule has 4 aromatic rings. The van der Waals surface area contributed by atoms with E-state index in [1.54, 1.807) is 25.6 Å². The molecule has 1 amide bonds. The molecule has 10 heteroatoms. The molecule has 0 spiro atoms. The normalized spacial score (nSPS) is 15.5. The van der Waals surface area contributed by atoms with Crippen LogP contribution in [0.4, 0.5) is 11.6 Å². The van der Waals surface area contributed by atoms with E-state index in [4.69, 9.17) is 0 Å². The summed E-state index contributed by atoms with van der Waals surface area (Å²) in [5, 5.41) is 17.0. The second-order valence-electron chi connectivity index (χ2n) is 10.5. The topological polar surface area (TPSA) is 116 Å². The van der Waals surface area contributed by atoms with E-state index in [1.165, 1.54) is 0 Å². The second kappa shape index (κ2) is 13.3. The van der Waals surface area contributed by atoms with Crippen LogP contribution in [0.2, 0.25) is 0 Å². The van der Waals surface area contributed by atoms with Crippen LogP contribution in [0.25, 0.3) is 22.2 Å². The van der Waals surface area contributed by atoms with Gasteiger partial charge in [-0.3, -0.25) is 9.78 Å². The average Bonchev–Trinajstić information content (AvgIpc) is 3.02. The number of carbonyl (C=O) groups excluding carboxylic acids is 1. The number of aromatic nitrogens is 4. The van der Waals surface area contributed by atoms with Crippen molar-refractivity contribution < 1.29 is 9.90 Å².